The van der Waals surface area contributed by atoms with Crippen molar-refractivity contribution in [2.75, 3.05) is 31.5 Å². The number of amides is 2. The van der Waals surface area contributed by atoms with E-state index in [9.17, 15) is 9.59 Å². The molecule has 0 bridgehead atoms. The number of hydrogen-bond donors (Lipinski definition) is 2. The summed E-state index contributed by atoms with van der Waals surface area (Å²) >= 11 is 0. The van der Waals surface area contributed by atoms with Crippen LogP contribution in [0, 0.1) is 5.92 Å². The van der Waals surface area contributed by atoms with Crippen molar-refractivity contribution >= 4 is 17.5 Å². The molecule has 1 aliphatic heterocycles. The van der Waals surface area contributed by atoms with Crippen molar-refractivity contribution in [3.8, 4) is 0 Å². The molecule has 126 valence electrons. The number of carbonyl (C=O) groups excluding carboxylic acids is 2. The quantitative estimate of drug-likeness (QED) is 0.844. The van der Waals surface area contributed by atoms with Gasteiger partial charge in [0.25, 0.3) is 0 Å². The maximum Gasteiger partial charge on any atom is 0.243 e. The van der Waals surface area contributed by atoms with Crippen LogP contribution in [0.3, 0.4) is 0 Å². The summed E-state index contributed by atoms with van der Waals surface area (Å²) in [5.41, 5.74) is 1.91. The van der Waals surface area contributed by atoms with Crippen LogP contribution < -0.4 is 10.6 Å². The van der Waals surface area contributed by atoms with Crippen molar-refractivity contribution in [3.63, 3.8) is 0 Å². The molecule has 0 saturated carbocycles. The molecule has 1 heterocycles. The standard InChI is InChI=1S/C18H27N3O2/c1-3-15-8-4-5-9-16(15)20-17(22)11-19-18(23)13-21-10-6-7-14(2)12-21/h4-5,8-9,14H,3,6-7,10-13H2,1-2H3,(H,19,23)(H,20,22)/t14-/m0/s1. The molecule has 23 heavy (non-hydrogen) atoms. The number of piperidine rings is 1. The van der Waals surface area contributed by atoms with Gasteiger partial charge in [0, 0.05) is 12.2 Å². The lowest BCUT2D eigenvalue weighted by Crippen LogP contribution is -2.43. The molecule has 2 N–H and O–H groups in total. The predicted molar refractivity (Wildman–Crippen MR) is 92.3 cm³/mol. The molecule has 2 amide bonds. The molecule has 1 saturated heterocycles. The van der Waals surface area contributed by atoms with Crippen LogP contribution in [-0.2, 0) is 16.0 Å². The van der Waals surface area contributed by atoms with Gasteiger partial charge in [0.05, 0.1) is 13.1 Å². The van der Waals surface area contributed by atoms with E-state index in [4.69, 9.17) is 0 Å². The van der Waals surface area contributed by atoms with Gasteiger partial charge in [-0.25, -0.2) is 0 Å². The number of likely N-dealkylation sites (tertiary alicyclic amines) is 1. The third-order valence-electron chi connectivity index (χ3n) is 4.23. The molecule has 1 fully saturated rings. The minimum absolute atomic E-state index is 0.0142. The van der Waals surface area contributed by atoms with E-state index in [2.05, 4.69) is 22.5 Å². The fraction of sp³-hybridized carbons (Fsp3) is 0.556. The monoisotopic (exact) mass is 317 g/mol. The number of benzene rings is 1. The van der Waals surface area contributed by atoms with Crippen molar-refractivity contribution in [1.82, 2.24) is 10.2 Å². The van der Waals surface area contributed by atoms with Crippen molar-refractivity contribution < 1.29 is 9.59 Å². The lowest BCUT2D eigenvalue weighted by molar-refractivity contribution is -0.125. The minimum Gasteiger partial charge on any atom is -0.346 e. The van der Waals surface area contributed by atoms with Gasteiger partial charge < -0.3 is 10.6 Å². The van der Waals surface area contributed by atoms with Gasteiger partial charge in [-0.3, -0.25) is 14.5 Å². The van der Waals surface area contributed by atoms with Crippen LogP contribution in [-0.4, -0.2) is 42.9 Å². The summed E-state index contributed by atoms with van der Waals surface area (Å²) in [6.07, 6.45) is 3.23. The fourth-order valence-corrected chi connectivity index (χ4v) is 3.01. The molecule has 2 rings (SSSR count). The molecule has 0 spiro atoms. The molecule has 1 aromatic rings. The Balaban J connectivity index is 1.74. The van der Waals surface area contributed by atoms with Crippen molar-refractivity contribution in [3.05, 3.63) is 29.8 Å². The average molecular weight is 317 g/mol. The van der Waals surface area contributed by atoms with E-state index in [0.717, 1.165) is 37.2 Å². The molecule has 0 aliphatic carbocycles. The number of rotatable bonds is 6. The second-order valence-electron chi connectivity index (χ2n) is 6.32. The van der Waals surface area contributed by atoms with Crippen LogP contribution in [0.2, 0.25) is 0 Å². The molecule has 1 aliphatic rings. The van der Waals surface area contributed by atoms with E-state index in [0.29, 0.717) is 12.5 Å². The van der Waals surface area contributed by atoms with Crippen LogP contribution in [0.15, 0.2) is 24.3 Å². The van der Waals surface area contributed by atoms with Crippen LogP contribution in [0.1, 0.15) is 32.3 Å². The largest absolute Gasteiger partial charge is 0.346 e. The number of para-hydroxylation sites is 1. The number of nitrogens with one attached hydrogen (secondary N) is 2. The zero-order valence-electron chi connectivity index (χ0n) is 14.1. The summed E-state index contributed by atoms with van der Waals surface area (Å²) in [6, 6.07) is 7.72. The fourth-order valence-electron chi connectivity index (χ4n) is 3.01. The van der Waals surface area contributed by atoms with E-state index in [1.807, 2.05) is 31.2 Å². The van der Waals surface area contributed by atoms with E-state index >= 15 is 0 Å². The van der Waals surface area contributed by atoms with Gasteiger partial charge in [0.15, 0.2) is 0 Å². The smallest absolute Gasteiger partial charge is 0.243 e. The second kappa shape index (κ2) is 8.67. The number of carbonyl (C=O) groups is 2. The van der Waals surface area contributed by atoms with Crippen molar-refractivity contribution in [1.29, 1.82) is 0 Å². The molecule has 5 nitrogen and oxygen atoms in total. The lowest BCUT2D eigenvalue weighted by Gasteiger charge is -2.30. The normalized spacial score (nSPS) is 18.4. The zero-order chi connectivity index (χ0) is 16.7. The first-order valence-corrected chi connectivity index (χ1v) is 8.45. The number of nitrogens with zero attached hydrogens (tertiary/aromatic N) is 1. The number of aryl methyl sites for hydroxylation is 1. The summed E-state index contributed by atoms with van der Waals surface area (Å²) in [4.78, 5) is 26.1. The Morgan fingerprint density at radius 2 is 2.04 bits per heavy atom. The molecular formula is C18H27N3O2. The maximum absolute atomic E-state index is 12.0. The zero-order valence-corrected chi connectivity index (χ0v) is 14.1. The highest BCUT2D eigenvalue weighted by atomic mass is 16.2. The van der Waals surface area contributed by atoms with Gasteiger partial charge in [0.1, 0.15) is 0 Å². The first kappa shape index (κ1) is 17.5. The lowest BCUT2D eigenvalue weighted by atomic mass is 10.0. The Kier molecular flexibility index (Phi) is 6.59. The highest BCUT2D eigenvalue weighted by Crippen LogP contribution is 2.15. The topological polar surface area (TPSA) is 61.4 Å². The maximum atomic E-state index is 12.0. The van der Waals surface area contributed by atoms with E-state index < -0.39 is 0 Å². The number of anilines is 1. The molecule has 1 atom stereocenters. The third kappa shape index (κ3) is 5.67. The molecular weight excluding hydrogens is 290 g/mol. The first-order chi connectivity index (χ1) is 11.1. The van der Waals surface area contributed by atoms with Crippen molar-refractivity contribution in [2.45, 2.75) is 33.1 Å². The summed E-state index contributed by atoms with van der Waals surface area (Å²) in [5, 5.41) is 5.57. The van der Waals surface area contributed by atoms with Crippen LogP contribution in [0.5, 0.6) is 0 Å². The highest BCUT2D eigenvalue weighted by molar-refractivity contribution is 5.95. The molecule has 5 heteroatoms. The Labute approximate surface area is 138 Å². The average Bonchev–Trinajstić information content (AvgIpc) is 2.53. The van der Waals surface area contributed by atoms with Crippen molar-refractivity contribution in [2.24, 2.45) is 5.92 Å². The third-order valence-corrected chi connectivity index (χ3v) is 4.23. The Morgan fingerprint density at radius 1 is 1.26 bits per heavy atom. The van der Waals surface area contributed by atoms with E-state index in [1.54, 1.807) is 0 Å². The van der Waals surface area contributed by atoms with Gasteiger partial charge in [-0.05, 0) is 43.4 Å². The SMILES string of the molecule is CCc1ccccc1NC(=O)CNC(=O)CN1CCC[C@H](C)C1. The van der Waals surface area contributed by atoms with Gasteiger partial charge in [-0.2, -0.15) is 0 Å². The minimum atomic E-state index is -0.189. The van der Waals surface area contributed by atoms with Gasteiger partial charge >= 0.3 is 0 Å². The highest BCUT2D eigenvalue weighted by Gasteiger charge is 2.18. The second-order valence-corrected chi connectivity index (χ2v) is 6.32. The summed E-state index contributed by atoms with van der Waals surface area (Å²) in [7, 11) is 0. The van der Waals surface area contributed by atoms with Crippen LogP contribution in [0.4, 0.5) is 5.69 Å². The summed E-state index contributed by atoms with van der Waals surface area (Å²) < 4.78 is 0. The predicted octanol–water partition coefficient (Wildman–Crippen LogP) is 2.04. The Hall–Kier alpha value is -1.88. The summed E-state index contributed by atoms with van der Waals surface area (Å²) in [6.45, 7) is 6.58. The molecule has 0 unspecified atom stereocenters. The van der Waals surface area contributed by atoms with Crippen LogP contribution in [0.25, 0.3) is 0 Å². The van der Waals surface area contributed by atoms with Crippen LogP contribution >= 0.6 is 0 Å². The number of hydrogen-bond acceptors (Lipinski definition) is 3. The first-order valence-electron chi connectivity index (χ1n) is 8.45. The molecule has 0 aromatic heterocycles. The van der Waals surface area contributed by atoms with E-state index in [1.165, 1.54) is 6.42 Å². The Morgan fingerprint density at radius 3 is 2.78 bits per heavy atom. The van der Waals surface area contributed by atoms with Gasteiger partial charge in [0.2, 0.25) is 11.8 Å². The van der Waals surface area contributed by atoms with Gasteiger partial charge in [-0.1, -0.05) is 32.0 Å². The molecule has 1 aromatic carbocycles. The summed E-state index contributed by atoms with van der Waals surface area (Å²) in [5.74, 6) is 0.370. The van der Waals surface area contributed by atoms with Gasteiger partial charge in [-0.15, -0.1) is 0 Å². The Bertz CT molecular complexity index is 545. The molecule has 0 radical (unpaired) electrons. The van der Waals surface area contributed by atoms with E-state index in [-0.39, 0.29) is 18.4 Å².